The minimum atomic E-state index is -0.309. The van der Waals surface area contributed by atoms with E-state index in [9.17, 15) is 14.0 Å². The molecule has 1 unspecified atom stereocenters. The van der Waals surface area contributed by atoms with E-state index in [1.54, 1.807) is 24.3 Å². The Kier molecular flexibility index (Phi) is 5.60. The van der Waals surface area contributed by atoms with E-state index in [1.807, 2.05) is 0 Å². The molecule has 2 aliphatic rings. The molecule has 0 radical (unpaired) electrons. The molecule has 2 saturated heterocycles. The van der Waals surface area contributed by atoms with Crippen LogP contribution in [0.1, 0.15) is 12.0 Å². The van der Waals surface area contributed by atoms with Crippen molar-refractivity contribution in [1.82, 2.24) is 20.1 Å². The molecule has 2 aliphatic heterocycles. The summed E-state index contributed by atoms with van der Waals surface area (Å²) in [6.07, 6.45) is 3.05. The van der Waals surface area contributed by atoms with Crippen LogP contribution in [0.25, 0.3) is 0 Å². The second kappa shape index (κ2) is 7.88. The van der Waals surface area contributed by atoms with E-state index in [4.69, 9.17) is 4.74 Å². The molecule has 25 heavy (non-hydrogen) atoms. The zero-order valence-corrected chi connectivity index (χ0v) is 14.3. The molecule has 0 bridgehead atoms. The molecule has 8 heteroatoms. The molecule has 136 valence electrons. The van der Waals surface area contributed by atoms with Gasteiger partial charge in [0.25, 0.3) is 0 Å². The summed E-state index contributed by atoms with van der Waals surface area (Å²) in [6, 6.07) is 1.78. The number of likely N-dealkylation sites (tertiary alicyclic amines) is 2. The average molecular weight is 350 g/mol. The zero-order chi connectivity index (χ0) is 17.8. The van der Waals surface area contributed by atoms with Crippen LogP contribution in [0.5, 0.6) is 0 Å². The van der Waals surface area contributed by atoms with Gasteiger partial charge < -0.3 is 15.0 Å². The molecule has 2 amide bonds. The predicted molar refractivity (Wildman–Crippen MR) is 88.0 cm³/mol. The van der Waals surface area contributed by atoms with Crippen LogP contribution >= 0.6 is 0 Å². The van der Waals surface area contributed by atoms with E-state index < -0.39 is 0 Å². The van der Waals surface area contributed by atoms with Gasteiger partial charge >= 0.3 is 0 Å². The van der Waals surface area contributed by atoms with Gasteiger partial charge in [-0.2, -0.15) is 0 Å². The third-order valence-corrected chi connectivity index (χ3v) is 4.76. The fourth-order valence-electron chi connectivity index (χ4n) is 3.32. The van der Waals surface area contributed by atoms with Crippen LogP contribution in [0.2, 0.25) is 0 Å². The van der Waals surface area contributed by atoms with Crippen molar-refractivity contribution >= 4 is 11.8 Å². The molecule has 0 spiro atoms. The van der Waals surface area contributed by atoms with Gasteiger partial charge in [0.05, 0.1) is 24.8 Å². The standard InChI is InChI=1S/C17H23FN4O3/c1-25-5-4-20-17(24)13-6-16(23)22(9-13)14-10-21(11-14)8-12-2-3-19-7-15(12)18/h2-3,7,13-14H,4-6,8-11H2,1H3,(H,20,24). The van der Waals surface area contributed by atoms with Crippen LogP contribution in [0, 0.1) is 11.7 Å². The highest BCUT2D eigenvalue weighted by molar-refractivity contribution is 5.89. The van der Waals surface area contributed by atoms with Crippen molar-refractivity contribution in [3.63, 3.8) is 0 Å². The SMILES string of the molecule is COCCNC(=O)C1CC(=O)N(C2CN(Cc3ccncc3F)C2)C1. The number of aromatic nitrogens is 1. The smallest absolute Gasteiger partial charge is 0.225 e. The minimum absolute atomic E-state index is 0.0200. The Balaban J connectivity index is 1.46. The normalized spacial score (nSPS) is 21.4. The molecule has 3 rings (SSSR count). The van der Waals surface area contributed by atoms with Crippen LogP contribution in [0.3, 0.4) is 0 Å². The minimum Gasteiger partial charge on any atom is -0.383 e. The lowest BCUT2D eigenvalue weighted by Crippen LogP contribution is -2.59. The van der Waals surface area contributed by atoms with E-state index in [2.05, 4.69) is 15.2 Å². The summed E-state index contributed by atoms with van der Waals surface area (Å²) in [5.41, 5.74) is 0.608. The van der Waals surface area contributed by atoms with Crippen molar-refractivity contribution in [2.24, 2.45) is 5.92 Å². The van der Waals surface area contributed by atoms with Gasteiger partial charge in [0.15, 0.2) is 0 Å². The molecule has 0 aromatic carbocycles. The summed E-state index contributed by atoms with van der Waals surface area (Å²) in [5.74, 6) is -0.679. The fourth-order valence-corrected chi connectivity index (χ4v) is 3.32. The first-order valence-corrected chi connectivity index (χ1v) is 8.45. The van der Waals surface area contributed by atoms with E-state index in [0.29, 0.717) is 44.9 Å². The van der Waals surface area contributed by atoms with Crippen molar-refractivity contribution in [1.29, 1.82) is 0 Å². The van der Waals surface area contributed by atoms with E-state index >= 15 is 0 Å². The van der Waals surface area contributed by atoms with Crippen LogP contribution in [-0.4, -0.2) is 72.5 Å². The van der Waals surface area contributed by atoms with Crippen LogP contribution < -0.4 is 5.32 Å². The number of nitrogens with one attached hydrogen (secondary N) is 1. The quantitative estimate of drug-likeness (QED) is 0.702. The number of methoxy groups -OCH3 is 1. The number of rotatable bonds is 7. The van der Waals surface area contributed by atoms with Gasteiger partial charge in [0.1, 0.15) is 5.82 Å². The third kappa shape index (κ3) is 4.13. The Morgan fingerprint density at radius 1 is 1.44 bits per heavy atom. The Hall–Kier alpha value is -2.06. The van der Waals surface area contributed by atoms with E-state index in [1.165, 1.54) is 6.20 Å². The number of halogens is 1. The molecule has 1 aromatic rings. The van der Waals surface area contributed by atoms with Gasteiger partial charge in [-0.1, -0.05) is 0 Å². The molecule has 1 N–H and O–H groups in total. The number of hydrogen-bond acceptors (Lipinski definition) is 5. The highest BCUT2D eigenvalue weighted by atomic mass is 19.1. The maximum atomic E-state index is 13.6. The summed E-state index contributed by atoms with van der Waals surface area (Å²) in [7, 11) is 1.58. The van der Waals surface area contributed by atoms with Crippen LogP contribution in [0.4, 0.5) is 4.39 Å². The van der Waals surface area contributed by atoms with Crippen molar-refractivity contribution in [2.45, 2.75) is 19.0 Å². The zero-order valence-electron chi connectivity index (χ0n) is 14.3. The molecule has 1 aromatic heterocycles. The topological polar surface area (TPSA) is 74.8 Å². The van der Waals surface area contributed by atoms with Crippen molar-refractivity contribution in [2.75, 3.05) is 39.9 Å². The number of amides is 2. The maximum Gasteiger partial charge on any atom is 0.225 e. The van der Waals surface area contributed by atoms with E-state index in [-0.39, 0.29) is 36.0 Å². The summed E-state index contributed by atoms with van der Waals surface area (Å²) in [6.45, 7) is 3.28. The first-order valence-electron chi connectivity index (χ1n) is 8.45. The summed E-state index contributed by atoms with van der Waals surface area (Å²) in [4.78, 5) is 31.9. The average Bonchev–Trinajstić information content (AvgIpc) is 2.94. The first-order chi connectivity index (χ1) is 12.1. The molecule has 2 fully saturated rings. The third-order valence-electron chi connectivity index (χ3n) is 4.76. The second-order valence-electron chi connectivity index (χ2n) is 6.55. The Morgan fingerprint density at radius 2 is 2.24 bits per heavy atom. The Labute approximate surface area is 146 Å². The summed E-state index contributed by atoms with van der Waals surface area (Å²) >= 11 is 0. The Bertz CT molecular complexity index is 636. The summed E-state index contributed by atoms with van der Waals surface area (Å²) in [5, 5.41) is 2.79. The van der Waals surface area contributed by atoms with Gasteiger partial charge in [-0.3, -0.25) is 19.5 Å². The number of hydrogen-bond donors (Lipinski definition) is 1. The fraction of sp³-hybridized carbons (Fsp3) is 0.588. The number of pyridine rings is 1. The first kappa shape index (κ1) is 17.8. The lowest BCUT2D eigenvalue weighted by atomic mass is 10.1. The number of carbonyl (C=O) groups is 2. The van der Waals surface area contributed by atoms with Crippen molar-refractivity contribution in [3.8, 4) is 0 Å². The number of nitrogens with zero attached hydrogens (tertiary/aromatic N) is 3. The second-order valence-corrected chi connectivity index (χ2v) is 6.55. The lowest BCUT2D eigenvalue weighted by molar-refractivity contribution is -0.133. The molecule has 0 saturated carbocycles. The largest absolute Gasteiger partial charge is 0.383 e. The number of carbonyl (C=O) groups excluding carboxylic acids is 2. The molecular weight excluding hydrogens is 327 g/mol. The maximum absolute atomic E-state index is 13.6. The molecule has 1 atom stereocenters. The monoisotopic (exact) mass is 350 g/mol. The molecule has 3 heterocycles. The highest BCUT2D eigenvalue weighted by Crippen LogP contribution is 2.26. The molecule has 7 nitrogen and oxygen atoms in total. The van der Waals surface area contributed by atoms with Crippen LogP contribution in [-0.2, 0) is 20.9 Å². The summed E-state index contributed by atoms with van der Waals surface area (Å²) < 4.78 is 18.5. The van der Waals surface area contributed by atoms with Gasteiger partial charge in [-0.15, -0.1) is 0 Å². The van der Waals surface area contributed by atoms with E-state index in [0.717, 1.165) is 0 Å². The van der Waals surface area contributed by atoms with Crippen LogP contribution in [0.15, 0.2) is 18.5 Å². The predicted octanol–water partition coefficient (Wildman–Crippen LogP) is 0.0160. The molecule has 0 aliphatic carbocycles. The molecular formula is C17H23FN4O3. The van der Waals surface area contributed by atoms with Gasteiger partial charge in [-0.05, 0) is 6.07 Å². The van der Waals surface area contributed by atoms with Gasteiger partial charge in [-0.25, -0.2) is 4.39 Å². The van der Waals surface area contributed by atoms with Gasteiger partial charge in [0, 0.05) is 58.0 Å². The van der Waals surface area contributed by atoms with Gasteiger partial charge in [0.2, 0.25) is 11.8 Å². The highest BCUT2D eigenvalue weighted by Gasteiger charge is 2.42. The Morgan fingerprint density at radius 3 is 2.96 bits per heavy atom. The number of ether oxygens (including phenoxy) is 1. The van der Waals surface area contributed by atoms with Crippen molar-refractivity contribution < 1.29 is 18.7 Å². The lowest BCUT2D eigenvalue weighted by Gasteiger charge is -2.44. The van der Waals surface area contributed by atoms with Crippen molar-refractivity contribution in [3.05, 3.63) is 29.8 Å².